The highest BCUT2D eigenvalue weighted by Gasteiger charge is 2.15. The molecule has 0 aliphatic carbocycles. The number of esters is 1. The fourth-order valence-electron chi connectivity index (χ4n) is 2.28. The SMILES string of the molecule is COC(=O)c1ccnc2c1ncn2Cc1ccc(OC)cc1. The van der Waals surface area contributed by atoms with Crippen molar-refractivity contribution in [2.75, 3.05) is 14.2 Å². The van der Waals surface area contributed by atoms with Crippen LogP contribution in [-0.4, -0.2) is 34.7 Å². The molecule has 6 heteroatoms. The van der Waals surface area contributed by atoms with Gasteiger partial charge >= 0.3 is 5.97 Å². The van der Waals surface area contributed by atoms with Gasteiger partial charge in [-0.1, -0.05) is 12.1 Å². The average Bonchev–Trinajstić information content (AvgIpc) is 2.98. The van der Waals surface area contributed by atoms with Crippen LogP contribution in [0.1, 0.15) is 15.9 Å². The van der Waals surface area contributed by atoms with Crippen LogP contribution in [0.25, 0.3) is 11.2 Å². The number of carbonyl (C=O) groups excluding carboxylic acids is 1. The lowest BCUT2D eigenvalue weighted by Gasteiger charge is -2.06. The van der Waals surface area contributed by atoms with Crippen LogP contribution in [0.15, 0.2) is 42.9 Å². The number of hydrogen-bond donors (Lipinski definition) is 0. The molecule has 112 valence electrons. The van der Waals surface area contributed by atoms with Crippen LogP contribution >= 0.6 is 0 Å². The highest BCUT2D eigenvalue weighted by Crippen LogP contribution is 2.18. The van der Waals surface area contributed by atoms with Gasteiger partial charge in [0.05, 0.1) is 32.7 Å². The van der Waals surface area contributed by atoms with E-state index in [0.717, 1.165) is 11.3 Å². The summed E-state index contributed by atoms with van der Waals surface area (Å²) in [7, 11) is 2.99. The van der Waals surface area contributed by atoms with Gasteiger partial charge in [-0.2, -0.15) is 0 Å². The van der Waals surface area contributed by atoms with Gasteiger partial charge in [0.25, 0.3) is 0 Å². The molecule has 2 aromatic heterocycles. The molecular formula is C16H15N3O3. The molecule has 0 aliphatic rings. The number of nitrogens with zero attached hydrogens (tertiary/aromatic N) is 3. The molecule has 3 aromatic rings. The molecule has 0 unspecified atom stereocenters. The molecule has 0 saturated heterocycles. The average molecular weight is 297 g/mol. The summed E-state index contributed by atoms with van der Waals surface area (Å²) in [5, 5.41) is 0. The monoisotopic (exact) mass is 297 g/mol. The van der Waals surface area contributed by atoms with Gasteiger partial charge < -0.3 is 14.0 Å². The van der Waals surface area contributed by atoms with Crippen LogP contribution < -0.4 is 4.74 Å². The number of fused-ring (bicyclic) bond motifs is 1. The fourth-order valence-corrected chi connectivity index (χ4v) is 2.28. The van der Waals surface area contributed by atoms with Gasteiger partial charge in [0.2, 0.25) is 0 Å². The lowest BCUT2D eigenvalue weighted by molar-refractivity contribution is 0.0602. The molecule has 0 amide bonds. The Kier molecular flexibility index (Phi) is 3.74. The minimum atomic E-state index is -0.415. The Balaban J connectivity index is 1.96. The number of methoxy groups -OCH3 is 2. The summed E-state index contributed by atoms with van der Waals surface area (Å²) in [5.74, 6) is 0.396. The summed E-state index contributed by atoms with van der Waals surface area (Å²) in [5.41, 5.74) is 2.70. The minimum Gasteiger partial charge on any atom is -0.497 e. The molecule has 0 atom stereocenters. The third-order valence-electron chi connectivity index (χ3n) is 3.42. The molecular weight excluding hydrogens is 282 g/mol. The number of pyridine rings is 1. The van der Waals surface area contributed by atoms with Crippen LogP contribution in [0.2, 0.25) is 0 Å². The summed E-state index contributed by atoms with van der Waals surface area (Å²) in [6, 6.07) is 9.38. The van der Waals surface area contributed by atoms with Crippen molar-refractivity contribution in [2.45, 2.75) is 6.54 Å². The highest BCUT2D eigenvalue weighted by atomic mass is 16.5. The fraction of sp³-hybridized carbons (Fsp3) is 0.188. The van der Waals surface area contributed by atoms with E-state index in [1.807, 2.05) is 28.8 Å². The van der Waals surface area contributed by atoms with E-state index in [2.05, 4.69) is 9.97 Å². The topological polar surface area (TPSA) is 66.2 Å². The second-order valence-electron chi connectivity index (χ2n) is 4.74. The maximum absolute atomic E-state index is 11.8. The molecule has 0 aliphatic heterocycles. The first-order chi connectivity index (χ1) is 10.7. The predicted molar refractivity (Wildman–Crippen MR) is 81.0 cm³/mol. The van der Waals surface area contributed by atoms with Crippen molar-refractivity contribution in [3.8, 4) is 5.75 Å². The van der Waals surface area contributed by atoms with Crippen LogP contribution in [0.4, 0.5) is 0 Å². The number of rotatable bonds is 4. The van der Waals surface area contributed by atoms with E-state index in [-0.39, 0.29) is 0 Å². The number of imidazole rings is 1. The second-order valence-corrected chi connectivity index (χ2v) is 4.74. The number of aromatic nitrogens is 3. The maximum atomic E-state index is 11.8. The molecule has 6 nitrogen and oxygen atoms in total. The van der Waals surface area contributed by atoms with Crippen molar-refractivity contribution in [3.63, 3.8) is 0 Å². The van der Waals surface area contributed by atoms with E-state index < -0.39 is 5.97 Å². The Bertz CT molecular complexity index is 809. The van der Waals surface area contributed by atoms with Gasteiger partial charge in [0, 0.05) is 6.20 Å². The molecule has 1 aromatic carbocycles. The Morgan fingerprint density at radius 3 is 2.59 bits per heavy atom. The summed E-state index contributed by atoms with van der Waals surface area (Å²) in [6.07, 6.45) is 3.26. The molecule has 0 bridgehead atoms. The molecule has 22 heavy (non-hydrogen) atoms. The Morgan fingerprint density at radius 1 is 1.14 bits per heavy atom. The van der Waals surface area contributed by atoms with Gasteiger partial charge in [-0.05, 0) is 23.8 Å². The molecule has 0 saturated carbocycles. The zero-order valence-corrected chi connectivity index (χ0v) is 12.3. The van der Waals surface area contributed by atoms with Crippen LogP contribution in [0.3, 0.4) is 0 Å². The highest BCUT2D eigenvalue weighted by molar-refractivity contribution is 6.00. The van der Waals surface area contributed by atoms with Crippen molar-refractivity contribution in [1.82, 2.24) is 14.5 Å². The molecule has 0 N–H and O–H groups in total. The Morgan fingerprint density at radius 2 is 1.91 bits per heavy atom. The lowest BCUT2D eigenvalue weighted by atomic mass is 10.2. The van der Waals surface area contributed by atoms with Crippen molar-refractivity contribution < 1.29 is 14.3 Å². The zero-order valence-electron chi connectivity index (χ0n) is 12.3. The molecule has 0 fully saturated rings. The van der Waals surface area contributed by atoms with E-state index in [9.17, 15) is 4.79 Å². The van der Waals surface area contributed by atoms with Crippen molar-refractivity contribution in [1.29, 1.82) is 0 Å². The first kappa shape index (κ1) is 14.1. The Labute approximate surface area is 127 Å². The van der Waals surface area contributed by atoms with E-state index in [0.29, 0.717) is 23.3 Å². The van der Waals surface area contributed by atoms with Crippen LogP contribution in [0, 0.1) is 0 Å². The number of benzene rings is 1. The summed E-state index contributed by atoms with van der Waals surface area (Å²) in [4.78, 5) is 20.4. The number of hydrogen-bond acceptors (Lipinski definition) is 5. The van der Waals surface area contributed by atoms with Gasteiger partial charge in [-0.15, -0.1) is 0 Å². The predicted octanol–water partition coefficient (Wildman–Crippen LogP) is 2.27. The van der Waals surface area contributed by atoms with E-state index in [1.54, 1.807) is 25.7 Å². The van der Waals surface area contributed by atoms with Crippen molar-refractivity contribution in [2.24, 2.45) is 0 Å². The van der Waals surface area contributed by atoms with Gasteiger partial charge in [0.1, 0.15) is 11.3 Å². The summed E-state index contributed by atoms with van der Waals surface area (Å²) in [6.45, 7) is 0.609. The third kappa shape index (κ3) is 2.50. The molecule has 2 heterocycles. The van der Waals surface area contributed by atoms with E-state index >= 15 is 0 Å². The van der Waals surface area contributed by atoms with Crippen LogP contribution in [-0.2, 0) is 11.3 Å². The van der Waals surface area contributed by atoms with Crippen molar-refractivity contribution >= 4 is 17.1 Å². The van der Waals surface area contributed by atoms with E-state index in [1.165, 1.54) is 7.11 Å². The minimum absolute atomic E-state index is 0.415. The van der Waals surface area contributed by atoms with Gasteiger partial charge in [0.15, 0.2) is 5.65 Å². The zero-order chi connectivity index (χ0) is 15.5. The third-order valence-corrected chi connectivity index (χ3v) is 3.42. The summed E-state index contributed by atoms with van der Waals surface area (Å²) < 4.78 is 11.8. The molecule has 0 spiro atoms. The normalized spacial score (nSPS) is 10.6. The first-order valence-corrected chi connectivity index (χ1v) is 6.74. The first-order valence-electron chi connectivity index (χ1n) is 6.74. The molecule has 0 radical (unpaired) electrons. The number of carbonyl (C=O) groups is 1. The second kappa shape index (κ2) is 5.85. The molecule has 3 rings (SSSR count). The maximum Gasteiger partial charge on any atom is 0.340 e. The smallest absolute Gasteiger partial charge is 0.340 e. The number of ether oxygens (including phenoxy) is 2. The van der Waals surface area contributed by atoms with Crippen molar-refractivity contribution in [3.05, 3.63) is 54.0 Å². The van der Waals surface area contributed by atoms with Crippen LogP contribution in [0.5, 0.6) is 5.75 Å². The quantitative estimate of drug-likeness (QED) is 0.691. The Hall–Kier alpha value is -2.89. The standard InChI is InChI=1S/C16H15N3O3/c1-21-12-5-3-11(4-6-12)9-19-10-18-14-13(16(20)22-2)7-8-17-15(14)19/h3-8,10H,9H2,1-2H3. The van der Waals surface area contributed by atoms with Gasteiger partial charge in [-0.25, -0.2) is 14.8 Å². The van der Waals surface area contributed by atoms with E-state index in [4.69, 9.17) is 9.47 Å². The lowest BCUT2D eigenvalue weighted by Crippen LogP contribution is -2.04. The van der Waals surface area contributed by atoms with Gasteiger partial charge in [-0.3, -0.25) is 0 Å². The largest absolute Gasteiger partial charge is 0.497 e. The summed E-state index contributed by atoms with van der Waals surface area (Å²) >= 11 is 0.